The SMILES string of the molecule is CCC1(C(C)C)c2ccccc2Cc2ccccc21. The van der Waals surface area contributed by atoms with Crippen molar-refractivity contribution < 1.29 is 0 Å². The van der Waals surface area contributed by atoms with E-state index in [0.29, 0.717) is 5.92 Å². The smallest absolute Gasteiger partial charge is 0.0228 e. The van der Waals surface area contributed by atoms with Crippen LogP contribution in [0.4, 0.5) is 0 Å². The predicted molar refractivity (Wildman–Crippen MR) is 81.6 cm³/mol. The Morgan fingerprint density at radius 3 is 1.79 bits per heavy atom. The van der Waals surface area contributed by atoms with Crippen molar-refractivity contribution in [1.29, 1.82) is 0 Å². The van der Waals surface area contributed by atoms with Crippen molar-refractivity contribution in [2.24, 2.45) is 5.92 Å². The molecule has 1 aliphatic carbocycles. The lowest BCUT2D eigenvalue weighted by Gasteiger charge is -2.44. The van der Waals surface area contributed by atoms with Gasteiger partial charge < -0.3 is 0 Å². The molecule has 0 radical (unpaired) electrons. The predicted octanol–water partition coefficient (Wildman–Crippen LogP) is 4.94. The molecule has 0 aromatic heterocycles. The minimum Gasteiger partial charge on any atom is -0.0642 e. The lowest BCUT2D eigenvalue weighted by Crippen LogP contribution is -2.37. The zero-order chi connectivity index (χ0) is 13.5. The highest BCUT2D eigenvalue weighted by Gasteiger charge is 2.41. The lowest BCUT2D eigenvalue weighted by atomic mass is 9.60. The largest absolute Gasteiger partial charge is 0.0642 e. The molecular weight excluding hydrogens is 228 g/mol. The number of rotatable bonds is 2. The third kappa shape index (κ3) is 1.66. The van der Waals surface area contributed by atoms with Gasteiger partial charge in [-0.15, -0.1) is 0 Å². The molecular formula is C19H22. The molecule has 0 saturated carbocycles. The Bertz CT molecular complexity index is 547. The van der Waals surface area contributed by atoms with Crippen molar-refractivity contribution in [2.45, 2.75) is 39.0 Å². The third-order valence-electron chi connectivity index (χ3n) is 4.92. The molecule has 0 saturated heterocycles. The molecule has 0 bridgehead atoms. The van der Waals surface area contributed by atoms with Gasteiger partial charge in [0, 0.05) is 5.41 Å². The van der Waals surface area contributed by atoms with Crippen molar-refractivity contribution in [3.63, 3.8) is 0 Å². The lowest BCUT2D eigenvalue weighted by molar-refractivity contribution is 0.348. The molecule has 0 nitrogen and oxygen atoms in total. The Morgan fingerprint density at radius 2 is 1.37 bits per heavy atom. The number of hydrogen-bond acceptors (Lipinski definition) is 0. The molecule has 0 atom stereocenters. The number of hydrogen-bond donors (Lipinski definition) is 0. The van der Waals surface area contributed by atoms with E-state index in [1.165, 1.54) is 17.5 Å². The molecule has 0 fully saturated rings. The van der Waals surface area contributed by atoms with E-state index < -0.39 is 0 Å². The first kappa shape index (κ1) is 12.5. The Balaban J connectivity index is 2.33. The summed E-state index contributed by atoms with van der Waals surface area (Å²) in [7, 11) is 0. The standard InChI is InChI=1S/C19H22/c1-4-19(14(2)3)17-11-7-5-9-15(17)13-16-10-6-8-12-18(16)19/h5-12,14H,4,13H2,1-3H3. The maximum Gasteiger partial charge on any atom is 0.0228 e. The van der Waals surface area contributed by atoms with Crippen LogP contribution in [0.1, 0.15) is 49.4 Å². The molecule has 1 aliphatic rings. The second-order valence-electron chi connectivity index (χ2n) is 5.97. The van der Waals surface area contributed by atoms with E-state index in [4.69, 9.17) is 0 Å². The molecule has 2 aromatic carbocycles. The highest BCUT2D eigenvalue weighted by Crippen LogP contribution is 2.48. The van der Waals surface area contributed by atoms with Crippen LogP contribution in [0.25, 0.3) is 0 Å². The van der Waals surface area contributed by atoms with Gasteiger partial charge in [0.15, 0.2) is 0 Å². The molecule has 0 N–H and O–H groups in total. The van der Waals surface area contributed by atoms with Crippen LogP contribution >= 0.6 is 0 Å². The Morgan fingerprint density at radius 1 is 0.895 bits per heavy atom. The van der Waals surface area contributed by atoms with Gasteiger partial charge in [-0.05, 0) is 41.0 Å². The van der Waals surface area contributed by atoms with E-state index in [1.54, 1.807) is 11.1 Å². The zero-order valence-corrected chi connectivity index (χ0v) is 12.1. The minimum atomic E-state index is 0.186. The maximum absolute atomic E-state index is 2.36. The van der Waals surface area contributed by atoms with Crippen LogP contribution in [-0.2, 0) is 11.8 Å². The average Bonchev–Trinajstić information content (AvgIpc) is 2.44. The monoisotopic (exact) mass is 250 g/mol. The first-order valence-electron chi connectivity index (χ1n) is 7.37. The van der Waals surface area contributed by atoms with Crippen LogP contribution in [0.2, 0.25) is 0 Å². The summed E-state index contributed by atoms with van der Waals surface area (Å²) < 4.78 is 0. The highest BCUT2D eigenvalue weighted by atomic mass is 14.4. The summed E-state index contributed by atoms with van der Waals surface area (Å²) in [4.78, 5) is 0. The second kappa shape index (κ2) is 4.52. The van der Waals surface area contributed by atoms with Gasteiger partial charge in [0.25, 0.3) is 0 Å². The molecule has 0 heterocycles. The van der Waals surface area contributed by atoms with Crippen molar-refractivity contribution in [3.8, 4) is 0 Å². The minimum absolute atomic E-state index is 0.186. The Kier molecular flexibility index (Phi) is 2.97. The Hall–Kier alpha value is -1.56. The van der Waals surface area contributed by atoms with Gasteiger partial charge in [-0.1, -0.05) is 69.3 Å². The molecule has 0 spiro atoms. The van der Waals surface area contributed by atoms with E-state index >= 15 is 0 Å². The van der Waals surface area contributed by atoms with E-state index in [2.05, 4.69) is 69.3 Å². The van der Waals surface area contributed by atoms with Gasteiger partial charge in [0.2, 0.25) is 0 Å². The normalized spacial score (nSPS) is 16.0. The zero-order valence-electron chi connectivity index (χ0n) is 12.1. The first-order chi connectivity index (χ1) is 9.20. The molecule has 98 valence electrons. The van der Waals surface area contributed by atoms with E-state index in [1.807, 2.05) is 0 Å². The third-order valence-corrected chi connectivity index (χ3v) is 4.92. The second-order valence-corrected chi connectivity index (χ2v) is 5.97. The highest BCUT2D eigenvalue weighted by molar-refractivity contribution is 5.53. The van der Waals surface area contributed by atoms with Gasteiger partial charge in [-0.3, -0.25) is 0 Å². The topological polar surface area (TPSA) is 0 Å². The van der Waals surface area contributed by atoms with Gasteiger partial charge in [-0.25, -0.2) is 0 Å². The van der Waals surface area contributed by atoms with E-state index in [9.17, 15) is 0 Å². The molecule has 3 rings (SSSR count). The fraction of sp³-hybridized carbons (Fsp3) is 0.368. The van der Waals surface area contributed by atoms with Gasteiger partial charge >= 0.3 is 0 Å². The van der Waals surface area contributed by atoms with Crippen LogP contribution in [0, 0.1) is 5.92 Å². The molecule has 0 amide bonds. The van der Waals surface area contributed by atoms with E-state index in [0.717, 1.165) is 6.42 Å². The summed E-state index contributed by atoms with van der Waals surface area (Å²) in [5.41, 5.74) is 6.30. The summed E-state index contributed by atoms with van der Waals surface area (Å²) in [6.07, 6.45) is 2.25. The molecule has 0 aliphatic heterocycles. The summed E-state index contributed by atoms with van der Waals surface area (Å²) in [5.74, 6) is 0.611. The molecule has 0 unspecified atom stereocenters. The van der Waals surface area contributed by atoms with Gasteiger partial charge in [0.05, 0.1) is 0 Å². The van der Waals surface area contributed by atoms with Crippen molar-refractivity contribution in [1.82, 2.24) is 0 Å². The van der Waals surface area contributed by atoms with Crippen LogP contribution in [0.15, 0.2) is 48.5 Å². The first-order valence-corrected chi connectivity index (χ1v) is 7.37. The molecule has 19 heavy (non-hydrogen) atoms. The van der Waals surface area contributed by atoms with Gasteiger partial charge in [0.1, 0.15) is 0 Å². The summed E-state index contributed by atoms with van der Waals surface area (Å²) in [6.45, 7) is 7.06. The number of fused-ring (bicyclic) bond motifs is 2. The average molecular weight is 250 g/mol. The fourth-order valence-electron chi connectivity index (χ4n) is 3.98. The van der Waals surface area contributed by atoms with Crippen molar-refractivity contribution in [3.05, 3.63) is 70.8 Å². The summed E-state index contributed by atoms with van der Waals surface area (Å²) >= 11 is 0. The molecule has 0 heteroatoms. The van der Waals surface area contributed by atoms with E-state index in [-0.39, 0.29) is 5.41 Å². The van der Waals surface area contributed by atoms with Crippen LogP contribution < -0.4 is 0 Å². The van der Waals surface area contributed by atoms with Crippen LogP contribution in [0.5, 0.6) is 0 Å². The number of benzene rings is 2. The maximum atomic E-state index is 2.36. The van der Waals surface area contributed by atoms with Crippen molar-refractivity contribution in [2.75, 3.05) is 0 Å². The van der Waals surface area contributed by atoms with Crippen molar-refractivity contribution >= 4 is 0 Å². The summed E-state index contributed by atoms with van der Waals surface area (Å²) in [6, 6.07) is 18.0. The van der Waals surface area contributed by atoms with Crippen LogP contribution in [0.3, 0.4) is 0 Å². The van der Waals surface area contributed by atoms with Crippen LogP contribution in [-0.4, -0.2) is 0 Å². The Labute approximate surface area is 116 Å². The summed E-state index contributed by atoms with van der Waals surface area (Å²) in [5, 5.41) is 0. The molecule has 2 aromatic rings. The van der Waals surface area contributed by atoms with Gasteiger partial charge in [-0.2, -0.15) is 0 Å². The quantitative estimate of drug-likeness (QED) is 0.708. The fourth-order valence-corrected chi connectivity index (χ4v) is 3.98.